The number of anilines is 1. The largest absolute Gasteiger partial charge is 0.497 e. The maximum Gasteiger partial charge on any atom is 0.232 e. The van der Waals surface area contributed by atoms with Crippen LogP contribution in [0.25, 0.3) is 0 Å². The maximum atomic E-state index is 14.5. The zero-order valence-electron chi connectivity index (χ0n) is 16.4. The molecule has 1 amide bonds. The Morgan fingerprint density at radius 2 is 1.83 bits per heavy atom. The molecule has 1 aliphatic carbocycles. The molecular formula is C23H22FNO4. The van der Waals surface area contributed by atoms with Gasteiger partial charge in [-0.1, -0.05) is 18.2 Å². The summed E-state index contributed by atoms with van der Waals surface area (Å²) in [5, 5.41) is 0. The fraction of sp³-hybridized carbons (Fsp3) is 0.304. The number of nitrogens with zero attached hydrogens (tertiary/aromatic N) is 1. The number of amides is 1. The second-order valence-corrected chi connectivity index (χ2v) is 7.18. The summed E-state index contributed by atoms with van der Waals surface area (Å²) in [6.45, 7) is 0. The van der Waals surface area contributed by atoms with Gasteiger partial charge in [0.15, 0.2) is 5.78 Å². The Kier molecular flexibility index (Phi) is 5.09. The van der Waals surface area contributed by atoms with Crippen LogP contribution in [0.4, 0.5) is 10.1 Å². The average Bonchev–Trinajstić information content (AvgIpc) is 2.73. The molecule has 0 aromatic heterocycles. The lowest BCUT2D eigenvalue weighted by atomic mass is 9.76. The van der Waals surface area contributed by atoms with Gasteiger partial charge in [0, 0.05) is 41.7 Å². The zero-order chi connectivity index (χ0) is 20.5. The van der Waals surface area contributed by atoms with Gasteiger partial charge in [0.05, 0.1) is 19.9 Å². The highest BCUT2D eigenvalue weighted by Crippen LogP contribution is 2.46. The summed E-state index contributed by atoms with van der Waals surface area (Å²) in [5.74, 6) is 0.0615. The van der Waals surface area contributed by atoms with Crippen LogP contribution < -0.4 is 14.4 Å². The van der Waals surface area contributed by atoms with Crippen molar-refractivity contribution < 1.29 is 23.5 Å². The van der Waals surface area contributed by atoms with E-state index in [1.54, 1.807) is 44.6 Å². The third kappa shape index (κ3) is 3.28. The van der Waals surface area contributed by atoms with Crippen molar-refractivity contribution in [2.45, 2.75) is 31.6 Å². The molecule has 150 valence electrons. The number of benzene rings is 2. The molecule has 0 fully saturated rings. The van der Waals surface area contributed by atoms with Gasteiger partial charge in [0.2, 0.25) is 5.91 Å². The highest BCUT2D eigenvalue weighted by molar-refractivity contribution is 6.07. The second kappa shape index (κ2) is 7.70. The first-order valence-electron chi connectivity index (χ1n) is 9.60. The molecule has 0 unspecified atom stereocenters. The van der Waals surface area contributed by atoms with E-state index < -0.39 is 11.7 Å². The molecule has 2 aromatic carbocycles. The summed E-state index contributed by atoms with van der Waals surface area (Å²) in [7, 11) is 3.11. The lowest BCUT2D eigenvalue weighted by Gasteiger charge is -2.38. The second-order valence-electron chi connectivity index (χ2n) is 7.18. The minimum absolute atomic E-state index is 0.00274. The Bertz CT molecular complexity index is 1010. The van der Waals surface area contributed by atoms with E-state index in [0.717, 1.165) is 5.56 Å². The molecule has 1 atom stereocenters. The number of ether oxygens (including phenoxy) is 2. The standard InChI is InChI=1S/C23H22FNO4/c1-28-14-10-11-15(21(12-14)29-2)16-13-22(27)25(18-7-4-3-6-17(18)24)19-8-5-9-20(26)23(16)19/h3-4,6-7,10-12,16H,5,8-9,13H2,1-2H3/t16-/m0/s1. The fourth-order valence-corrected chi connectivity index (χ4v) is 4.28. The van der Waals surface area contributed by atoms with E-state index in [1.165, 1.54) is 11.0 Å². The predicted octanol–water partition coefficient (Wildman–Crippen LogP) is 4.37. The van der Waals surface area contributed by atoms with Gasteiger partial charge in [-0.15, -0.1) is 0 Å². The summed E-state index contributed by atoms with van der Waals surface area (Å²) in [6.07, 6.45) is 1.69. The topological polar surface area (TPSA) is 55.8 Å². The molecule has 0 spiro atoms. The molecule has 0 bridgehead atoms. The Morgan fingerprint density at radius 1 is 1.03 bits per heavy atom. The quantitative estimate of drug-likeness (QED) is 0.771. The first-order chi connectivity index (χ1) is 14.0. The van der Waals surface area contributed by atoms with Gasteiger partial charge in [-0.25, -0.2) is 4.39 Å². The molecule has 6 heteroatoms. The van der Waals surface area contributed by atoms with Gasteiger partial charge in [-0.2, -0.15) is 0 Å². The minimum Gasteiger partial charge on any atom is -0.497 e. The minimum atomic E-state index is -0.480. The Morgan fingerprint density at radius 3 is 2.55 bits per heavy atom. The lowest BCUT2D eigenvalue weighted by molar-refractivity contribution is -0.120. The molecule has 2 aliphatic rings. The first-order valence-corrected chi connectivity index (χ1v) is 9.60. The zero-order valence-corrected chi connectivity index (χ0v) is 16.4. The van der Waals surface area contributed by atoms with Gasteiger partial charge in [-0.05, 0) is 31.0 Å². The normalized spacial score (nSPS) is 19.3. The van der Waals surface area contributed by atoms with Crippen molar-refractivity contribution in [2.75, 3.05) is 19.1 Å². The molecule has 29 heavy (non-hydrogen) atoms. The molecule has 0 saturated carbocycles. The number of hydrogen-bond acceptors (Lipinski definition) is 4. The van der Waals surface area contributed by atoms with Crippen LogP contribution >= 0.6 is 0 Å². The molecule has 0 N–H and O–H groups in total. The number of para-hydroxylation sites is 1. The van der Waals surface area contributed by atoms with Crippen molar-refractivity contribution in [1.29, 1.82) is 0 Å². The van der Waals surface area contributed by atoms with E-state index in [-0.39, 0.29) is 23.8 Å². The van der Waals surface area contributed by atoms with E-state index >= 15 is 0 Å². The van der Waals surface area contributed by atoms with Gasteiger partial charge in [0.1, 0.15) is 17.3 Å². The number of carbonyl (C=O) groups is 2. The third-order valence-electron chi connectivity index (χ3n) is 5.58. The van der Waals surface area contributed by atoms with E-state index in [1.807, 2.05) is 6.07 Å². The van der Waals surface area contributed by atoms with Crippen molar-refractivity contribution in [1.82, 2.24) is 0 Å². The molecule has 1 heterocycles. The number of halogens is 1. The molecular weight excluding hydrogens is 373 g/mol. The summed E-state index contributed by atoms with van der Waals surface area (Å²) in [5.41, 5.74) is 2.14. The summed E-state index contributed by atoms with van der Waals surface area (Å²) in [6, 6.07) is 11.5. The number of carbonyl (C=O) groups excluding carboxylic acids is 2. The van der Waals surface area contributed by atoms with Crippen LogP contribution in [0, 0.1) is 5.82 Å². The van der Waals surface area contributed by atoms with Crippen LogP contribution in [0.3, 0.4) is 0 Å². The molecule has 0 radical (unpaired) electrons. The van der Waals surface area contributed by atoms with E-state index in [0.29, 0.717) is 42.0 Å². The number of methoxy groups -OCH3 is 2. The number of allylic oxidation sites excluding steroid dienone is 2. The summed E-state index contributed by atoms with van der Waals surface area (Å²) in [4.78, 5) is 27.5. The van der Waals surface area contributed by atoms with Gasteiger partial charge in [-0.3, -0.25) is 14.5 Å². The lowest BCUT2D eigenvalue weighted by Crippen LogP contribution is -2.41. The molecule has 2 aromatic rings. The highest BCUT2D eigenvalue weighted by atomic mass is 19.1. The van der Waals surface area contributed by atoms with Crippen molar-refractivity contribution in [2.24, 2.45) is 0 Å². The Hall–Kier alpha value is -3.15. The monoisotopic (exact) mass is 395 g/mol. The Balaban J connectivity index is 1.88. The molecule has 0 saturated heterocycles. The maximum absolute atomic E-state index is 14.5. The number of ketones is 1. The predicted molar refractivity (Wildman–Crippen MR) is 107 cm³/mol. The van der Waals surface area contributed by atoms with E-state index in [4.69, 9.17) is 9.47 Å². The molecule has 5 nitrogen and oxygen atoms in total. The first kappa shape index (κ1) is 19.2. The van der Waals surface area contributed by atoms with Crippen LogP contribution in [0.5, 0.6) is 11.5 Å². The van der Waals surface area contributed by atoms with Crippen molar-refractivity contribution in [3.63, 3.8) is 0 Å². The van der Waals surface area contributed by atoms with Crippen LogP contribution in [0.1, 0.15) is 37.2 Å². The van der Waals surface area contributed by atoms with Crippen LogP contribution in [-0.4, -0.2) is 25.9 Å². The number of rotatable bonds is 4. The van der Waals surface area contributed by atoms with Crippen LogP contribution in [0.2, 0.25) is 0 Å². The van der Waals surface area contributed by atoms with Gasteiger partial charge >= 0.3 is 0 Å². The van der Waals surface area contributed by atoms with Crippen molar-refractivity contribution in [3.8, 4) is 11.5 Å². The fourth-order valence-electron chi connectivity index (χ4n) is 4.28. The molecule has 1 aliphatic heterocycles. The average molecular weight is 395 g/mol. The van der Waals surface area contributed by atoms with E-state index in [9.17, 15) is 14.0 Å². The van der Waals surface area contributed by atoms with Gasteiger partial charge < -0.3 is 9.47 Å². The number of hydrogen-bond donors (Lipinski definition) is 0. The van der Waals surface area contributed by atoms with Crippen molar-refractivity contribution >= 4 is 17.4 Å². The number of Topliss-reactive ketones (excluding diaryl/α,β-unsaturated/α-hetero) is 1. The highest BCUT2D eigenvalue weighted by Gasteiger charge is 2.41. The third-order valence-corrected chi connectivity index (χ3v) is 5.58. The Labute approximate surface area is 168 Å². The summed E-state index contributed by atoms with van der Waals surface area (Å²) >= 11 is 0. The summed E-state index contributed by atoms with van der Waals surface area (Å²) < 4.78 is 25.3. The SMILES string of the molecule is COc1ccc([C@@H]2CC(=O)N(c3ccccc3F)C3=C2C(=O)CCC3)c(OC)c1. The smallest absolute Gasteiger partial charge is 0.232 e. The van der Waals surface area contributed by atoms with Crippen molar-refractivity contribution in [3.05, 3.63) is 65.1 Å². The van der Waals surface area contributed by atoms with Gasteiger partial charge in [0.25, 0.3) is 0 Å². The van der Waals surface area contributed by atoms with Crippen LogP contribution in [0.15, 0.2) is 53.7 Å². The molecule has 4 rings (SSSR count). The van der Waals surface area contributed by atoms with Crippen LogP contribution in [-0.2, 0) is 9.59 Å². The van der Waals surface area contributed by atoms with E-state index in [2.05, 4.69) is 0 Å².